The van der Waals surface area contributed by atoms with Crippen LogP contribution in [0.4, 0.5) is 17.6 Å². The first kappa shape index (κ1) is 15.7. The molecule has 0 unspecified atom stereocenters. The Morgan fingerprint density at radius 1 is 1.19 bits per heavy atom. The number of nitrogens with zero attached hydrogens (tertiary/aromatic N) is 1. The van der Waals surface area contributed by atoms with Crippen molar-refractivity contribution in [2.24, 2.45) is 5.16 Å². The number of ether oxygens (including phenoxy) is 2. The van der Waals surface area contributed by atoms with Gasteiger partial charge < -0.3 is 14.3 Å². The van der Waals surface area contributed by atoms with Gasteiger partial charge in [0.25, 0.3) is 0 Å². The molecular weight excluding hydrogens is 294 g/mol. The Labute approximate surface area is 118 Å². The molecule has 8 heteroatoms. The maximum Gasteiger partial charge on any atom is 0.437 e. The largest absolute Gasteiger partial charge is 0.437 e. The van der Waals surface area contributed by atoms with Gasteiger partial charge in [-0.25, -0.2) is 4.39 Å². The van der Waals surface area contributed by atoms with Crippen LogP contribution in [0.3, 0.4) is 0 Å². The van der Waals surface area contributed by atoms with Gasteiger partial charge in [-0.3, -0.25) is 0 Å². The Bertz CT molecular complexity index is 481. The molecule has 4 nitrogen and oxygen atoms in total. The van der Waals surface area contributed by atoms with Crippen molar-refractivity contribution in [3.8, 4) is 0 Å². The first-order chi connectivity index (χ1) is 9.97. The molecule has 1 aliphatic rings. The molecule has 0 spiro atoms. The molecule has 0 aliphatic carbocycles. The first-order valence-corrected chi connectivity index (χ1v) is 6.23. The highest BCUT2D eigenvalue weighted by Crippen LogP contribution is 2.23. The summed E-state index contributed by atoms with van der Waals surface area (Å²) in [4.78, 5) is 4.68. The smallest absolute Gasteiger partial charge is 0.395 e. The summed E-state index contributed by atoms with van der Waals surface area (Å²) in [5, 5.41) is 3.11. The van der Waals surface area contributed by atoms with Crippen molar-refractivity contribution in [3.05, 3.63) is 35.6 Å². The van der Waals surface area contributed by atoms with Gasteiger partial charge in [0.15, 0.2) is 12.0 Å². The van der Waals surface area contributed by atoms with E-state index in [4.69, 9.17) is 9.47 Å². The summed E-state index contributed by atoms with van der Waals surface area (Å²) < 4.78 is 61.6. The van der Waals surface area contributed by atoms with Crippen molar-refractivity contribution in [1.82, 2.24) is 0 Å². The second-order valence-electron chi connectivity index (χ2n) is 4.24. The van der Waals surface area contributed by atoms with Crippen molar-refractivity contribution in [2.75, 3.05) is 19.8 Å². The third kappa shape index (κ3) is 4.68. The molecule has 116 valence electrons. The molecule has 1 aromatic rings. The van der Waals surface area contributed by atoms with Crippen molar-refractivity contribution in [3.63, 3.8) is 0 Å². The van der Waals surface area contributed by atoms with Gasteiger partial charge in [0.1, 0.15) is 12.4 Å². The van der Waals surface area contributed by atoms with Crippen molar-refractivity contribution < 1.29 is 31.9 Å². The second kappa shape index (κ2) is 6.86. The van der Waals surface area contributed by atoms with E-state index in [-0.39, 0.29) is 18.6 Å². The van der Waals surface area contributed by atoms with E-state index < -0.39 is 24.0 Å². The monoisotopic (exact) mass is 307 g/mol. The van der Waals surface area contributed by atoms with Gasteiger partial charge in [0.05, 0.1) is 13.2 Å². The Kier molecular flexibility index (Phi) is 5.13. The maximum atomic E-state index is 12.9. The summed E-state index contributed by atoms with van der Waals surface area (Å²) in [6.45, 7) is 0.833. The first-order valence-electron chi connectivity index (χ1n) is 6.23. The molecule has 0 saturated carbocycles. The van der Waals surface area contributed by atoms with Crippen LogP contribution in [0.1, 0.15) is 12.0 Å². The van der Waals surface area contributed by atoms with E-state index in [2.05, 4.69) is 9.99 Å². The summed E-state index contributed by atoms with van der Waals surface area (Å²) >= 11 is 0. The minimum atomic E-state index is -4.70. The summed E-state index contributed by atoms with van der Waals surface area (Å²) in [6.07, 6.45) is -4.89. The SMILES string of the molecule is Fc1ccc(C(=NOCCC2OCCO2)C(F)(F)F)cc1. The fourth-order valence-electron chi connectivity index (χ4n) is 1.71. The van der Waals surface area contributed by atoms with Crippen LogP contribution in [0.25, 0.3) is 0 Å². The minimum Gasteiger partial charge on any atom is -0.395 e. The summed E-state index contributed by atoms with van der Waals surface area (Å²) in [7, 11) is 0. The Hall–Kier alpha value is -1.67. The Balaban J connectivity index is 1.98. The van der Waals surface area contributed by atoms with E-state index in [0.29, 0.717) is 13.2 Å². The van der Waals surface area contributed by atoms with Crippen LogP contribution in [0.2, 0.25) is 0 Å². The number of benzene rings is 1. The third-order valence-corrected chi connectivity index (χ3v) is 2.68. The van der Waals surface area contributed by atoms with Gasteiger partial charge in [0.2, 0.25) is 0 Å². The normalized spacial score (nSPS) is 17.2. The third-order valence-electron chi connectivity index (χ3n) is 2.68. The molecule has 0 N–H and O–H groups in total. The predicted octanol–water partition coefficient (Wildman–Crippen LogP) is 2.87. The van der Waals surface area contributed by atoms with Gasteiger partial charge >= 0.3 is 6.18 Å². The van der Waals surface area contributed by atoms with E-state index >= 15 is 0 Å². The molecule has 0 bridgehead atoms. The van der Waals surface area contributed by atoms with Crippen LogP contribution in [0, 0.1) is 5.82 Å². The van der Waals surface area contributed by atoms with Crippen LogP contribution < -0.4 is 0 Å². The number of halogens is 4. The quantitative estimate of drug-likeness (QED) is 0.363. The van der Waals surface area contributed by atoms with Crippen molar-refractivity contribution >= 4 is 5.71 Å². The fraction of sp³-hybridized carbons (Fsp3) is 0.462. The maximum absolute atomic E-state index is 12.9. The van der Waals surface area contributed by atoms with E-state index in [0.717, 1.165) is 24.3 Å². The predicted molar refractivity (Wildman–Crippen MR) is 65.3 cm³/mol. The summed E-state index contributed by atoms with van der Waals surface area (Å²) in [6, 6.07) is 3.84. The number of alkyl halides is 3. The molecular formula is C13H13F4NO3. The van der Waals surface area contributed by atoms with Crippen LogP contribution >= 0.6 is 0 Å². The van der Waals surface area contributed by atoms with Gasteiger partial charge in [-0.1, -0.05) is 5.16 Å². The summed E-state index contributed by atoms with van der Waals surface area (Å²) in [5.74, 6) is -0.628. The van der Waals surface area contributed by atoms with Crippen LogP contribution in [-0.4, -0.2) is 38.0 Å². The molecule has 2 rings (SSSR count). The lowest BCUT2D eigenvalue weighted by molar-refractivity contribution is -0.0688. The standard InChI is InChI=1S/C13H13F4NO3/c14-10-3-1-9(2-4-10)12(13(15,16)17)18-21-6-5-11-19-7-8-20-11/h1-4,11H,5-8H2. The average molecular weight is 307 g/mol. The molecule has 21 heavy (non-hydrogen) atoms. The van der Waals surface area contributed by atoms with Gasteiger partial charge in [0, 0.05) is 12.0 Å². The average Bonchev–Trinajstić information content (AvgIpc) is 2.92. The second-order valence-corrected chi connectivity index (χ2v) is 4.24. The number of oxime groups is 1. The molecule has 0 amide bonds. The lowest BCUT2D eigenvalue weighted by atomic mass is 10.1. The zero-order valence-electron chi connectivity index (χ0n) is 10.9. The number of hydrogen-bond acceptors (Lipinski definition) is 4. The molecule has 0 aromatic heterocycles. The Morgan fingerprint density at radius 2 is 1.81 bits per heavy atom. The number of hydrogen-bond donors (Lipinski definition) is 0. The van der Waals surface area contributed by atoms with Gasteiger partial charge in [-0.05, 0) is 24.3 Å². The van der Waals surface area contributed by atoms with E-state index in [1.54, 1.807) is 0 Å². The van der Waals surface area contributed by atoms with Gasteiger partial charge in [-0.15, -0.1) is 0 Å². The zero-order valence-corrected chi connectivity index (χ0v) is 10.9. The fourth-order valence-corrected chi connectivity index (χ4v) is 1.71. The lowest BCUT2D eigenvalue weighted by Gasteiger charge is -2.11. The van der Waals surface area contributed by atoms with Crippen LogP contribution in [-0.2, 0) is 14.3 Å². The Morgan fingerprint density at radius 3 is 2.38 bits per heavy atom. The number of rotatable bonds is 5. The molecule has 0 atom stereocenters. The minimum absolute atomic E-state index is 0.0779. The van der Waals surface area contributed by atoms with E-state index in [1.165, 1.54) is 0 Å². The van der Waals surface area contributed by atoms with Gasteiger partial charge in [-0.2, -0.15) is 13.2 Å². The van der Waals surface area contributed by atoms with E-state index in [9.17, 15) is 17.6 Å². The highest BCUT2D eigenvalue weighted by atomic mass is 19.4. The molecule has 1 saturated heterocycles. The highest BCUT2D eigenvalue weighted by molar-refractivity contribution is 6.04. The van der Waals surface area contributed by atoms with Crippen LogP contribution in [0.5, 0.6) is 0 Å². The van der Waals surface area contributed by atoms with Crippen molar-refractivity contribution in [1.29, 1.82) is 0 Å². The van der Waals surface area contributed by atoms with E-state index in [1.807, 2.05) is 0 Å². The lowest BCUT2D eigenvalue weighted by Crippen LogP contribution is -2.24. The molecule has 1 fully saturated rings. The molecule has 1 aliphatic heterocycles. The molecule has 1 heterocycles. The topological polar surface area (TPSA) is 40.0 Å². The summed E-state index contributed by atoms with van der Waals surface area (Å²) in [5.41, 5.74) is -1.48. The molecule has 1 aromatic carbocycles. The molecule has 0 radical (unpaired) electrons. The highest BCUT2D eigenvalue weighted by Gasteiger charge is 2.37. The van der Waals surface area contributed by atoms with Crippen molar-refractivity contribution in [2.45, 2.75) is 18.9 Å². The zero-order chi connectivity index (χ0) is 15.3. The van der Waals surface area contributed by atoms with Crippen LogP contribution in [0.15, 0.2) is 29.4 Å².